The van der Waals surface area contributed by atoms with E-state index >= 15 is 0 Å². The molecule has 4 heteroatoms. The minimum Gasteiger partial charge on any atom is -0.377 e. The molecule has 0 aromatic heterocycles. The molecule has 1 rings (SSSR count). The number of methoxy groups -OCH3 is 2. The Balaban J connectivity index is 2.25. The molecule has 102 valence electrons. The monoisotopic (exact) mass is 244 g/mol. The van der Waals surface area contributed by atoms with Crippen LogP contribution in [0.25, 0.3) is 0 Å². The fourth-order valence-electron chi connectivity index (χ4n) is 2.34. The summed E-state index contributed by atoms with van der Waals surface area (Å²) in [7, 11) is 3.52. The van der Waals surface area contributed by atoms with Gasteiger partial charge in [-0.05, 0) is 31.3 Å². The van der Waals surface area contributed by atoms with Gasteiger partial charge in [0.2, 0.25) is 0 Å². The van der Waals surface area contributed by atoms with Crippen molar-refractivity contribution in [3.8, 4) is 0 Å². The van der Waals surface area contributed by atoms with Crippen LogP contribution in [0.1, 0.15) is 26.7 Å². The smallest absolute Gasteiger partial charge is 0.0971 e. The molecule has 2 N–H and O–H groups in total. The van der Waals surface area contributed by atoms with Crippen molar-refractivity contribution >= 4 is 0 Å². The molecule has 0 aromatic rings. The van der Waals surface area contributed by atoms with Gasteiger partial charge in [-0.25, -0.2) is 0 Å². The summed E-state index contributed by atoms with van der Waals surface area (Å²) in [5, 5.41) is 0. The molecule has 1 heterocycles. The minimum atomic E-state index is 0.225. The summed E-state index contributed by atoms with van der Waals surface area (Å²) in [6.07, 6.45) is 2.82. The van der Waals surface area contributed by atoms with Gasteiger partial charge in [0.05, 0.1) is 12.2 Å². The van der Waals surface area contributed by atoms with Crippen molar-refractivity contribution < 1.29 is 9.47 Å². The van der Waals surface area contributed by atoms with Crippen molar-refractivity contribution in [2.75, 3.05) is 40.4 Å². The molecule has 0 aliphatic carbocycles. The average molecular weight is 244 g/mol. The van der Waals surface area contributed by atoms with Crippen molar-refractivity contribution in [2.24, 2.45) is 11.1 Å². The van der Waals surface area contributed by atoms with Crippen LogP contribution < -0.4 is 5.73 Å². The first kappa shape index (κ1) is 14.9. The molecule has 1 aliphatic rings. The molecule has 2 unspecified atom stereocenters. The Kier molecular flexibility index (Phi) is 5.86. The van der Waals surface area contributed by atoms with Gasteiger partial charge in [-0.1, -0.05) is 13.8 Å². The van der Waals surface area contributed by atoms with Crippen LogP contribution >= 0.6 is 0 Å². The van der Waals surface area contributed by atoms with E-state index in [-0.39, 0.29) is 17.6 Å². The van der Waals surface area contributed by atoms with Gasteiger partial charge in [-0.2, -0.15) is 0 Å². The molecular weight excluding hydrogens is 216 g/mol. The molecule has 1 saturated heterocycles. The fourth-order valence-corrected chi connectivity index (χ4v) is 2.34. The van der Waals surface area contributed by atoms with Gasteiger partial charge in [0.25, 0.3) is 0 Å². The van der Waals surface area contributed by atoms with Crippen LogP contribution in [-0.2, 0) is 9.47 Å². The lowest BCUT2D eigenvalue weighted by molar-refractivity contribution is -0.00461. The lowest BCUT2D eigenvalue weighted by Gasteiger charge is -2.23. The topological polar surface area (TPSA) is 47.7 Å². The van der Waals surface area contributed by atoms with Crippen LogP contribution in [0, 0.1) is 5.41 Å². The Bertz CT molecular complexity index is 209. The zero-order valence-electron chi connectivity index (χ0n) is 11.7. The van der Waals surface area contributed by atoms with Gasteiger partial charge in [0, 0.05) is 27.3 Å². The predicted octanol–water partition coefficient (Wildman–Crippen LogP) is 1.10. The second-order valence-electron chi connectivity index (χ2n) is 5.78. The summed E-state index contributed by atoms with van der Waals surface area (Å²) in [6, 6.07) is 0. The molecule has 4 nitrogen and oxygen atoms in total. The van der Waals surface area contributed by atoms with Gasteiger partial charge in [0.15, 0.2) is 0 Å². The van der Waals surface area contributed by atoms with E-state index in [4.69, 9.17) is 15.2 Å². The van der Waals surface area contributed by atoms with Crippen LogP contribution in [0.4, 0.5) is 0 Å². The molecule has 17 heavy (non-hydrogen) atoms. The molecule has 0 saturated carbocycles. The maximum atomic E-state index is 5.73. The van der Waals surface area contributed by atoms with E-state index in [1.54, 1.807) is 14.2 Å². The van der Waals surface area contributed by atoms with E-state index in [1.807, 2.05) is 0 Å². The summed E-state index contributed by atoms with van der Waals surface area (Å²) in [4.78, 5) is 2.43. The maximum absolute atomic E-state index is 5.73. The largest absolute Gasteiger partial charge is 0.377 e. The van der Waals surface area contributed by atoms with E-state index in [9.17, 15) is 0 Å². The molecule has 0 spiro atoms. The third kappa shape index (κ3) is 4.54. The van der Waals surface area contributed by atoms with Crippen molar-refractivity contribution in [1.82, 2.24) is 4.90 Å². The number of ether oxygens (including phenoxy) is 2. The van der Waals surface area contributed by atoms with Gasteiger partial charge in [-0.3, -0.25) is 4.90 Å². The SMILES string of the molecule is COC1CN(CCCC(C)(C)CN)CC1OC. The number of nitrogens with two attached hydrogens (primary N) is 1. The van der Waals surface area contributed by atoms with Crippen LogP contribution in [0.15, 0.2) is 0 Å². The number of hydrogen-bond acceptors (Lipinski definition) is 4. The van der Waals surface area contributed by atoms with E-state index in [2.05, 4.69) is 18.7 Å². The normalized spacial score (nSPS) is 26.6. The summed E-state index contributed by atoms with van der Waals surface area (Å²) in [5.74, 6) is 0. The quantitative estimate of drug-likeness (QED) is 0.728. The molecule has 1 aliphatic heterocycles. The molecule has 0 amide bonds. The van der Waals surface area contributed by atoms with Gasteiger partial charge < -0.3 is 15.2 Å². The van der Waals surface area contributed by atoms with E-state index < -0.39 is 0 Å². The fraction of sp³-hybridized carbons (Fsp3) is 1.00. The Labute approximate surface area is 105 Å². The van der Waals surface area contributed by atoms with E-state index in [0.29, 0.717) is 0 Å². The van der Waals surface area contributed by atoms with Crippen LogP contribution in [0.3, 0.4) is 0 Å². The molecule has 0 aromatic carbocycles. The third-order valence-electron chi connectivity index (χ3n) is 3.78. The second-order valence-corrected chi connectivity index (χ2v) is 5.78. The highest BCUT2D eigenvalue weighted by Gasteiger charge is 2.32. The van der Waals surface area contributed by atoms with Gasteiger partial charge >= 0.3 is 0 Å². The third-order valence-corrected chi connectivity index (χ3v) is 3.78. The van der Waals surface area contributed by atoms with Crippen LogP contribution in [0.5, 0.6) is 0 Å². The molecule has 0 radical (unpaired) electrons. The first-order chi connectivity index (χ1) is 8.02. The number of hydrogen-bond donors (Lipinski definition) is 1. The maximum Gasteiger partial charge on any atom is 0.0971 e. The van der Waals surface area contributed by atoms with Crippen molar-refractivity contribution in [2.45, 2.75) is 38.9 Å². The second kappa shape index (κ2) is 6.69. The predicted molar refractivity (Wildman–Crippen MR) is 70.1 cm³/mol. The molecular formula is C13H28N2O2. The Hall–Kier alpha value is -0.160. The summed E-state index contributed by atoms with van der Waals surface area (Å²) in [5.41, 5.74) is 6.00. The van der Waals surface area contributed by atoms with Crippen molar-refractivity contribution in [3.63, 3.8) is 0 Å². The van der Waals surface area contributed by atoms with E-state index in [1.165, 1.54) is 12.8 Å². The average Bonchev–Trinajstić information content (AvgIpc) is 2.71. The van der Waals surface area contributed by atoms with Gasteiger partial charge in [-0.15, -0.1) is 0 Å². The van der Waals surface area contributed by atoms with Crippen LogP contribution in [0.2, 0.25) is 0 Å². The summed E-state index contributed by atoms with van der Waals surface area (Å²) in [6.45, 7) is 8.30. The Morgan fingerprint density at radius 3 is 2.12 bits per heavy atom. The Morgan fingerprint density at radius 1 is 1.18 bits per heavy atom. The zero-order valence-corrected chi connectivity index (χ0v) is 11.7. The summed E-state index contributed by atoms with van der Waals surface area (Å²) >= 11 is 0. The van der Waals surface area contributed by atoms with Gasteiger partial charge in [0.1, 0.15) is 0 Å². The van der Waals surface area contributed by atoms with Crippen LogP contribution in [-0.4, -0.2) is 57.5 Å². The van der Waals surface area contributed by atoms with E-state index in [0.717, 1.165) is 26.2 Å². The standard InChI is InChI=1S/C13H28N2O2/c1-13(2,10-14)6-5-7-15-8-11(16-3)12(9-15)17-4/h11-12H,5-10,14H2,1-4H3. The Morgan fingerprint density at radius 2 is 1.71 bits per heavy atom. The minimum absolute atomic E-state index is 0.225. The summed E-state index contributed by atoms with van der Waals surface area (Å²) < 4.78 is 10.9. The first-order valence-electron chi connectivity index (χ1n) is 6.50. The zero-order chi connectivity index (χ0) is 12.9. The number of nitrogens with zero attached hydrogens (tertiary/aromatic N) is 1. The van der Waals surface area contributed by atoms with Crippen molar-refractivity contribution in [1.29, 1.82) is 0 Å². The highest BCUT2D eigenvalue weighted by molar-refractivity contribution is 4.85. The van der Waals surface area contributed by atoms with Crippen molar-refractivity contribution in [3.05, 3.63) is 0 Å². The number of likely N-dealkylation sites (tertiary alicyclic amines) is 1. The lowest BCUT2D eigenvalue weighted by Crippen LogP contribution is -2.27. The molecule has 0 bridgehead atoms. The first-order valence-corrected chi connectivity index (χ1v) is 6.50. The number of rotatable bonds is 7. The highest BCUT2D eigenvalue weighted by atomic mass is 16.5. The highest BCUT2D eigenvalue weighted by Crippen LogP contribution is 2.22. The molecule has 2 atom stereocenters. The lowest BCUT2D eigenvalue weighted by atomic mass is 9.88. The molecule has 1 fully saturated rings.